The molecule has 0 rings (SSSR count). The van der Waals surface area contributed by atoms with E-state index in [1.54, 1.807) is 6.08 Å². The molecule has 0 fully saturated rings. The molecule has 11 heavy (non-hydrogen) atoms. The van der Waals surface area contributed by atoms with Gasteiger partial charge in [0.05, 0.1) is 4.91 Å². The van der Waals surface area contributed by atoms with Crippen LogP contribution in [0.4, 0.5) is 0 Å². The second-order valence-corrected chi connectivity index (χ2v) is 5.20. The molecule has 0 bridgehead atoms. The van der Waals surface area contributed by atoms with Crippen molar-refractivity contribution in [1.29, 1.82) is 0 Å². The monoisotopic (exact) mass is 194 g/mol. The van der Waals surface area contributed by atoms with Gasteiger partial charge in [0.15, 0.2) is 0 Å². The van der Waals surface area contributed by atoms with E-state index in [9.17, 15) is 8.42 Å². The molecule has 0 radical (unpaired) electrons. The molecule has 0 N–H and O–H groups in total. The highest BCUT2D eigenvalue weighted by Gasteiger charge is 2.05. The molecule has 0 spiro atoms. The lowest BCUT2D eigenvalue weighted by molar-refractivity contribution is 0.615. The Bertz CT molecular complexity index is 282. The Hall–Kier alpha value is -0.280. The first kappa shape index (κ1) is 10.7. The summed E-state index contributed by atoms with van der Waals surface area (Å²) in [6, 6.07) is 0. The molecule has 0 aromatic rings. The largest absolute Gasteiger partial charge is 0.257 e. The maximum absolute atomic E-state index is 10.6. The van der Waals surface area contributed by atoms with Crippen LogP contribution >= 0.6 is 10.7 Å². The van der Waals surface area contributed by atoms with Gasteiger partial charge in [-0.3, -0.25) is 0 Å². The third-order valence-corrected chi connectivity index (χ3v) is 2.67. The fraction of sp³-hybridized carbons (Fsp3) is 0.429. The van der Waals surface area contributed by atoms with Crippen molar-refractivity contribution >= 4 is 19.7 Å². The van der Waals surface area contributed by atoms with Crippen molar-refractivity contribution in [2.24, 2.45) is 0 Å². The molecule has 0 aliphatic rings. The molecule has 0 heterocycles. The van der Waals surface area contributed by atoms with E-state index in [4.69, 9.17) is 10.7 Å². The van der Waals surface area contributed by atoms with Gasteiger partial charge >= 0.3 is 0 Å². The standard InChI is InChI=1S/C7H11ClO2S/c1-6(2)4-5-7(3)11(8,9)10/h4-5H,1-3H3. The van der Waals surface area contributed by atoms with Crippen LogP contribution in [0, 0.1) is 0 Å². The number of rotatable bonds is 2. The topological polar surface area (TPSA) is 34.1 Å². The van der Waals surface area contributed by atoms with E-state index < -0.39 is 9.05 Å². The second kappa shape index (κ2) is 3.93. The molecule has 0 amide bonds. The molecule has 64 valence electrons. The molecule has 0 unspecified atom stereocenters. The van der Waals surface area contributed by atoms with Crippen LogP contribution in [0.3, 0.4) is 0 Å². The highest BCUT2D eigenvalue weighted by Crippen LogP contribution is 2.10. The van der Waals surface area contributed by atoms with Gasteiger partial charge in [-0.1, -0.05) is 11.6 Å². The normalized spacial score (nSPS) is 12.9. The summed E-state index contributed by atoms with van der Waals surface area (Å²) in [6.07, 6.45) is 3.19. The molecule has 4 heteroatoms. The van der Waals surface area contributed by atoms with Crippen molar-refractivity contribution in [2.45, 2.75) is 20.8 Å². The third kappa shape index (κ3) is 5.04. The SMILES string of the molecule is CC(C)=CC=C(C)S(=O)(=O)Cl. The average Bonchev–Trinajstić information content (AvgIpc) is 1.80. The molecule has 0 aliphatic heterocycles. The Kier molecular flexibility index (Phi) is 3.83. The van der Waals surface area contributed by atoms with Crippen molar-refractivity contribution in [2.75, 3.05) is 0 Å². The van der Waals surface area contributed by atoms with Gasteiger partial charge in [-0.05, 0) is 26.8 Å². The number of halogens is 1. The highest BCUT2D eigenvalue weighted by atomic mass is 35.7. The van der Waals surface area contributed by atoms with Crippen LogP contribution < -0.4 is 0 Å². The third-order valence-electron chi connectivity index (χ3n) is 1.04. The highest BCUT2D eigenvalue weighted by molar-refractivity contribution is 8.16. The van der Waals surface area contributed by atoms with Crippen LogP contribution in [-0.2, 0) is 9.05 Å². The predicted octanol–water partition coefficient (Wildman–Crippen LogP) is 2.43. The number of allylic oxidation sites excluding steroid dienone is 4. The van der Waals surface area contributed by atoms with E-state index in [2.05, 4.69) is 0 Å². The first-order chi connectivity index (χ1) is 4.84. The Morgan fingerprint density at radius 1 is 1.18 bits per heavy atom. The lowest BCUT2D eigenvalue weighted by Crippen LogP contribution is -1.88. The summed E-state index contributed by atoms with van der Waals surface area (Å²) < 4.78 is 21.2. The summed E-state index contributed by atoms with van der Waals surface area (Å²) in [4.78, 5) is 0.167. The minimum Gasteiger partial charge on any atom is -0.207 e. The van der Waals surface area contributed by atoms with Gasteiger partial charge in [0.1, 0.15) is 0 Å². The fourth-order valence-electron chi connectivity index (χ4n) is 0.365. The van der Waals surface area contributed by atoms with Crippen LogP contribution in [0.25, 0.3) is 0 Å². The summed E-state index contributed by atoms with van der Waals surface area (Å²) in [5.74, 6) is 0. The first-order valence-corrected chi connectivity index (χ1v) is 5.41. The summed E-state index contributed by atoms with van der Waals surface area (Å²) in [7, 11) is 1.53. The quantitative estimate of drug-likeness (QED) is 0.500. The van der Waals surface area contributed by atoms with Crippen LogP contribution in [0.2, 0.25) is 0 Å². The van der Waals surface area contributed by atoms with Crippen LogP contribution in [0.5, 0.6) is 0 Å². The van der Waals surface area contributed by atoms with Gasteiger partial charge < -0.3 is 0 Å². The van der Waals surface area contributed by atoms with Gasteiger partial charge in [0, 0.05) is 10.7 Å². The molecular formula is C7H11ClO2S. The average molecular weight is 195 g/mol. The van der Waals surface area contributed by atoms with E-state index in [1.807, 2.05) is 13.8 Å². The van der Waals surface area contributed by atoms with Crippen molar-refractivity contribution in [3.63, 3.8) is 0 Å². The maximum Gasteiger partial charge on any atom is 0.257 e. The van der Waals surface area contributed by atoms with Crippen molar-refractivity contribution in [3.8, 4) is 0 Å². The Labute approximate surface area is 72.0 Å². The maximum atomic E-state index is 10.6. The molecule has 0 saturated heterocycles. The van der Waals surface area contributed by atoms with Crippen molar-refractivity contribution in [1.82, 2.24) is 0 Å². The zero-order valence-corrected chi connectivity index (χ0v) is 8.33. The van der Waals surface area contributed by atoms with E-state index >= 15 is 0 Å². The molecule has 0 atom stereocenters. The van der Waals surface area contributed by atoms with Crippen LogP contribution in [0.15, 0.2) is 22.6 Å². The first-order valence-electron chi connectivity index (χ1n) is 3.10. The van der Waals surface area contributed by atoms with E-state index in [0.717, 1.165) is 5.57 Å². The molecule has 2 nitrogen and oxygen atoms in total. The fourth-order valence-corrected chi connectivity index (χ4v) is 0.750. The molecule has 0 saturated carbocycles. The Morgan fingerprint density at radius 2 is 1.64 bits per heavy atom. The molecule has 0 aromatic heterocycles. The van der Waals surface area contributed by atoms with Gasteiger partial charge in [-0.25, -0.2) is 8.42 Å². The summed E-state index contributed by atoms with van der Waals surface area (Å²) in [6.45, 7) is 5.22. The van der Waals surface area contributed by atoms with Gasteiger partial charge in [0.25, 0.3) is 9.05 Å². The minimum atomic E-state index is -3.51. The number of hydrogen-bond donors (Lipinski definition) is 0. The van der Waals surface area contributed by atoms with E-state index in [0.29, 0.717) is 0 Å². The predicted molar refractivity (Wildman–Crippen MR) is 48.0 cm³/mol. The van der Waals surface area contributed by atoms with Gasteiger partial charge in [-0.15, -0.1) is 0 Å². The Balaban J connectivity index is 4.64. The molecule has 0 aromatic carbocycles. The minimum absolute atomic E-state index is 0.167. The lowest BCUT2D eigenvalue weighted by Gasteiger charge is -1.91. The Morgan fingerprint density at radius 3 is 1.91 bits per heavy atom. The van der Waals surface area contributed by atoms with E-state index in [1.165, 1.54) is 13.0 Å². The van der Waals surface area contributed by atoms with Gasteiger partial charge in [0.2, 0.25) is 0 Å². The zero-order chi connectivity index (χ0) is 9.07. The van der Waals surface area contributed by atoms with Crippen molar-refractivity contribution in [3.05, 3.63) is 22.6 Å². The summed E-state index contributed by atoms with van der Waals surface area (Å²) >= 11 is 0. The smallest absolute Gasteiger partial charge is 0.207 e. The molecule has 0 aliphatic carbocycles. The van der Waals surface area contributed by atoms with Crippen LogP contribution in [0.1, 0.15) is 20.8 Å². The summed E-state index contributed by atoms with van der Waals surface area (Å²) in [5, 5.41) is 0. The lowest BCUT2D eigenvalue weighted by atomic mass is 10.3. The summed E-state index contributed by atoms with van der Waals surface area (Å²) in [5.41, 5.74) is 1.03. The van der Waals surface area contributed by atoms with E-state index in [-0.39, 0.29) is 4.91 Å². The molecular weight excluding hydrogens is 184 g/mol. The zero-order valence-electron chi connectivity index (χ0n) is 6.76. The number of hydrogen-bond acceptors (Lipinski definition) is 2. The van der Waals surface area contributed by atoms with Crippen molar-refractivity contribution < 1.29 is 8.42 Å². The second-order valence-electron chi connectivity index (χ2n) is 2.46. The van der Waals surface area contributed by atoms with Crippen LogP contribution in [-0.4, -0.2) is 8.42 Å². The van der Waals surface area contributed by atoms with Gasteiger partial charge in [-0.2, -0.15) is 0 Å².